The second-order valence-corrected chi connectivity index (χ2v) is 6.78. The molecule has 28 heavy (non-hydrogen) atoms. The van der Waals surface area contributed by atoms with Crippen molar-refractivity contribution in [2.24, 2.45) is 0 Å². The molecule has 7 heteroatoms. The molecule has 0 aliphatic carbocycles. The number of carbonyl (C=O) groups is 1. The largest absolute Gasteiger partial charge is 0.423 e. The molecule has 0 bridgehead atoms. The van der Waals surface area contributed by atoms with Crippen molar-refractivity contribution in [1.29, 1.82) is 0 Å². The summed E-state index contributed by atoms with van der Waals surface area (Å²) >= 11 is 0. The van der Waals surface area contributed by atoms with Crippen LogP contribution < -0.4 is 9.64 Å². The highest BCUT2D eigenvalue weighted by Crippen LogP contribution is 2.31. The molecule has 1 fully saturated rings. The lowest BCUT2D eigenvalue weighted by molar-refractivity contribution is -0.384. The van der Waals surface area contributed by atoms with Crippen LogP contribution in [-0.2, 0) is 11.2 Å². The van der Waals surface area contributed by atoms with E-state index >= 15 is 0 Å². The molecule has 7 nitrogen and oxygen atoms in total. The summed E-state index contributed by atoms with van der Waals surface area (Å²) < 4.78 is 10.4. The number of hydrogen-bond donors (Lipinski definition) is 0. The predicted molar refractivity (Wildman–Crippen MR) is 106 cm³/mol. The average molecular weight is 384 g/mol. The van der Waals surface area contributed by atoms with Crippen LogP contribution in [0.3, 0.4) is 0 Å². The molecule has 0 atom stereocenters. The molecule has 0 radical (unpaired) electrons. The number of ether oxygens (including phenoxy) is 2. The van der Waals surface area contributed by atoms with Gasteiger partial charge in [0.25, 0.3) is 5.69 Å². The van der Waals surface area contributed by atoms with Gasteiger partial charge in [0.2, 0.25) is 0 Å². The van der Waals surface area contributed by atoms with E-state index in [0.29, 0.717) is 18.0 Å². The number of esters is 1. The second-order valence-electron chi connectivity index (χ2n) is 6.78. The summed E-state index contributed by atoms with van der Waals surface area (Å²) in [7, 11) is 1.64. The highest BCUT2D eigenvalue weighted by Gasteiger charge is 2.23. The van der Waals surface area contributed by atoms with E-state index in [1.165, 1.54) is 6.07 Å². The Morgan fingerprint density at radius 1 is 1.11 bits per heavy atom. The smallest absolute Gasteiger partial charge is 0.343 e. The molecule has 0 spiro atoms. The van der Waals surface area contributed by atoms with Crippen molar-refractivity contribution < 1.29 is 19.2 Å². The Labute approximate surface area is 164 Å². The maximum atomic E-state index is 12.5. The van der Waals surface area contributed by atoms with Crippen LogP contribution in [0.25, 0.3) is 0 Å². The number of nitro benzene ring substituents is 1. The topological polar surface area (TPSA) is 81.9 Å². The van der Waals surface area contributed by atoms with Crippen molar-refractivity contribution in [2.75, 3.05) is 31.7 Å². The van der Waals surface area contributed by atoms with Crippen LogP contribution in [-0.4, -0.2) is 37.7 Å². The van der Waals surface area contributed by atoms with Gasteiger partial charge in [-0.05, 0) is 55.5 Å². The minimum absolute atomic E-state index is 0.0636. The average Bonchev–Trinajstić information content (AvgIpc) is 2.73. The van der Waals surface area contributed by atoms with Gasteiger partial charge >= 0.3 is 5.97 Å². The number of benzene rings is 2. The van der Waals surface area contributed by atoms with Crippen molar-refractivity contribution in [3.8, 4) is 5.75 Å². The Balaban J connectivity index is 1.74. The van der Waals surface area contributed by atoms with Crippen LogP contribution in [0.1, 0.15) is 35.2 Å². The van der Waals surface area contributed by atoms with E-state index in [2.05, 4.69) is 0 Å². The van der Waals surface area contributed by atoms with Gasteiger partial charge in [0, 0.05) is 26.3 Å². The third-order valence-corrected chi connectivity index (χ3v) is 4.83. The van der Waals surface area contributed by atoms with Gasteiger partial charge < -0.3 is 14.4 Å². The van der Waals surface area contributed by atoms with Crippen LogP contribution in [0.2, 0.25) is 0 Å². The van der Waals surface area contributed by atoms with Crippen molar-refractivity contribution >= 4 is 17.3 Å². The van der Waals surface area contributed by atoms with E-state index in [0.717, 1.165) is 44.3 Å². The molecular weight excluding hydrogens is 360 g/mol. The Hall–Kier alpha value is -2.93. The normalized spacial score (nSPS) is 14.0. The molecular formula is C21H24N2O5. The number of hydrogen-bond acceptors (Lipinski definition) is 6. The van der Waals surface area contributed by atoms with E-state index < -0.39 is 10.9 Å². The number of nitrogens with zero attached hydrogens (tertiary/aromatic N) is 2. The molecule has 2 aromatic carbocycles. The highest BCUT2D eigenvalue weighted by molar-refractivity contribution is 5.93. The number of piperidine rings is 1. The lowest BCUT2D eigenvalue weighted by Gasteiger charge is -2.28. The van der Waals surface area contributed by atoms with Gasteiger partial charge in [0.05, 0.1) is 17.1 Å². The number of carbonyl (C=O) groups excluding carboxylic acids is 1. The van der Waals surface area contributed by atoms with Gasteiger partial charge in [-0.1, -0.05) is 12.1 Å². The first-order chi connectivity index (χ1) is 13.6. The summed E-state index contributed by atoms with van der Waals surface area (Å²) in [6.07, 6.45) is 3.94. The zero-order chi connectivity index (χ0) is 19.9. The summed E-state index contributed by atoms with van der Waals surface area (Å²) in [6, 6.07) is 11.7. The fourth-order valence-corrected chi connectivity index (χ4v) is 3.31. The van der Waals surface area contributed by atoms with Crippen LogP contribution >= 0.6 is 0 Å². The highest BCUT2D eigenvalue weighted by atomic mass is 16.6. The molecule has 1 aliphatic rings. The van der Waals surface area contributed by atoms with Crippen molar-refractivity contribution in [2.45, 2.75) is 25.7 Å². The zero-order valence-electron chi connectivity index (χ0n) is 15.9. The maximum absolute atomic E-state index is 12.5. The fraction of sp³-hybridized carbons (Fsp3) is 0.381. The third kappa shape index (κ3) is 4.86. The summed E-state index contributed by atoms with van der Waals surface area (Å²) in [5.74, 6) is -0.216. The Morgan fingerprint density at radius 3 is 2.46 bits per heavy atom. The number of anilines is 1. The van der Waals surface area contributed by atoms with E-state index in [9.17, 15) is 14.9 Å². The van der Waals surface area contributed by atoms with Crippen molar-refractivity contribution in [3.63, 3.8) is 0 Å². The standard InChI is InChI=1S/C21H24N2O5/c1-27-14-11-16-5-8-18(9-6-16)28-21(24)17-7-10-19(20(15-17)23(25)26)22-12-3-2-4-13-22/h5-10,15H,2-4,11-14H2,1H3. The minimum Gasteiger partial charge on any atom is -0.423 e. The molecule has 148 valence electrons. The second kappa shape index (κ2) is 9.32. The molecule has 3 rings (SSSR count). The Morgan fingerprint density at radius 2 is 1.82 bits per heavy atom. The number of methoxy groups -OCH3 is 1. The van der Waals surface area contributed by atoms with Crippen LogP contribution in [0, 0.1) is 10.1 Å². The molecule has 0 aromatic heterocycles. The first-order valence-electron chi connectivity index (χ1n) is 9.42. The first-order valence-corrected chi connectivity index (χ1v) is 9.42. The van der Waals surface area contributed by atoms with Crippen molar-refractivity contribution in [3.05, 3.63) is 63.7 Å². The van der Waals surface area contributed by atoms with Crippen LogP contribution in [0.15, 0.2) is 42.5 Å². The molecule has 1 saturated heterocycles. The van der Waals surface area contributed by atoms with E-state index in [1.807, 2.05) is 17.0 Å². The van der Waals surface area contributed by atoms with E-state index in [4.69, 9.17) is 9.47 Å². The van der Waals surface area contributed by atoms with Crippen LogP contribution in [0.4, 0.5) is 11.4 Å². The summed E-state index contributed by atoms with van der Waals surface area (Å²) in [5.41, 5.74) is 1.73. The van der Waals surface area contributed by atoms with Crippen molar-refractivity contribution in [1.82, 2.24) is 0 Å². The van der Waals surface area contributed by atoms with Gasteiger partial charge in [-0.3, -0.25) is 10.1 Å². The molecule has 0 amide bonds. The summed E-state index contributed by atoms with van der Waals surface area (Å²) in [6.45, 7) is 2.20. The molecule has 0 N–H and O–H groups in total. The molecule has 0 saturated carbocycles. The minimum atomic E-state index is -0.613. The quantitative estimate of drug-likeness (QED) is 0.311. The van der Waals surface area contributed by atoms with Gasteiger partial charge in [0.1, 0.15) is 11.4 Å². The monoisotopic (exact) mass is 384 g/mol. The molecule has 1 heterocycles. The Bertz CT molecular complexity index is 829. The van der Waals surface area contributed by atoms with Crippen LogP contribution in [0.5, 0.6) is 5.75 Å². The van der Waals surface area contributed by atoms with Gasteiger partial charge in [-0.2, -0.15) is 0 Å². The van der Waals surface area contributed by atoms with E-state index in [-0.39, 0.29) is 11.3 Å². The molecule has 0 unspecified atom stereocenters. The number of nitro groups is 1. The Kier molecular flexibility index (Phi) is 6.60. The summed E-state index contributed by atoms with van der Waals surface area (Å²) in [5, 5.41) is 11.5. The maximum Gasteiger partial charge on any atom is 0.343 e. The summed E-state index contributed by atoms with van der Waals surface area (Å²) in [4.78, 5) is 25.6. The van der Waals surface area contributed by atoms with Gasteiger partial charge in [-0.15, -0.1) is 0 Å². The molecule has 1 aliphatic heterocycles. The van der Waals surface area contributed by atoms with E-state index in [1.54, 1.807) is 31.4 Å². The molecule has 2 aromatic rings. The number of rotatable bonds is 7. The first kappa shape index (κ1) is 19.8. The SMILES string of the molecule is COCCc1ccc(OC(=O)c2ccc(N3CCCCC3)c([N+](=O)[O-])c2)cc1. The lowest BCUT2D eigenvalue weighted by atomic mass is 10.1. The fourth-order valence-electron chi connectivity index (χ4n) is 3.31. The predicted octanol–water partition coefficient (Wildman–Crippen LogP) is 3.99. The lowest BCUT2D eigenvalue weighted by Crippen LogP contribution is -2.30. The third-order valence-electron chi connectivity index (χ3n) is 4.83. The zero-order valence-corrected chi connectivity index (χ0v) is 15.9. The van der Waals surface area contributed by atoms with Gasteiger partial charge in [0.15, 0.2) is 0 Å². The van der Waals surface area contributed by atoms with Gasteiger partial charge in [-0.25, -0.2) is 4.79 Å².